The first kappa shape index (κ1) is 13.4. The highest BCUT2D eigenvalue weighted by molar-refractivity contribution is 6.43. The molecule has 0 fully saturated rings. The molecule has 1 aromatic carbocycles. The highest BCUT2D eigenvalue weighted by Gasteiger charge is 2.15. The van der Waals surface area contributed by atoms with E-state index in [-0.39, 0.29) is 0 Å². The summed E-state index contributed by atoms with van der Waals surface area (Å²) in [6, 6.07) is 5.84. The normalized spacial score (nSPS) is 11.2. The van der Waals surface area contributed by atoms with Crippen LogP contribution in [0.15, 0.2) is 28.9 Å². The van der Waals surface area contributed by atoms with Crippen molar-refractivity contribution in [1.82, 2.24) is 10.5 Å². The molecule has 18 heavy (non-hydrogen) atoms. The maximum absolute atomic E-state index is 6.18. The molecule has 0 unspecified atom stereocenters. The molecule has 2 aromatic rings. The number of benzene rings is 1. The van der Waals surface area contributed by atoms with Crippen LogP contribution >= 0.6 is 23.2 Å². The molecule has 0 amide bonds. The van der Waals surface area contributed by atoms with Crippen molar-refractivity contribution in [3.63, 3.8) is 0 Å². The summed E-state index contributed by atoms with van der Waals surface area (Å²) in [5, 5.41) is 8.14. The third kappa shape index (κ3) is 2.86. The van der Waals surface area contributed by atoms with Crippen LogP contribution in [0.1, 0.15) is 19.4 Å². The van der Waals surface area contributed by atoms with Crippen LogP contribution in [0.3, 0.4) is 0 Å². The quantitative estimate of drug-likeness (QED) is 0.917. The van der Waals surface area contributed by atoms with Gasteiger partial charge in [-0.05, 0) is 12.1 Å². The lowest BCUT2D eigenvalue weighted by Gasteiger charge is -2.08. The number of hydrogen-bond acceptors (Lipinski definition) is 3. The molecule has 96 valence electrons. The van der Waals surface area contributed by atoms with E-state index in [1.54, 1.807) is 12.3 Å². The Labute approximate surface area is 116 Å². The zero-order chi connectivity index (χ0) is 13.1. The molecule has 0 aliphatic heterocycles. The minimum atomic E-state index is 0.391. The van der Waals surface area contributed by atoms with E-state index in [1.807, 2.05) is 12.1 Å². The zero-order valence-electron chi connectivity index (χ0n) is 10.2. The summed E-state index contributed by atoms with van der Waals surface area (Å²) in [6.07, 6.45) is 1.70. The van der Waals surface area contributed by atoms with Crippen LogP contribution in [0.4, 0.5) is 0 Å². The van der Waals surface area contributed by atoms with Crippen LogP contribution in [0.5, 0.6) is 0 Å². The molecule has 1 aromatic heterocycles. The summed E-state index contributed by atoms with van der Waals surface area (Å²) in [7, 11) is 0. The van der Waals surface area contributed by atoms with E-state index in [4.69, 9.17) is 27.7 Å². The Kier molecular flexibility index (Phi) is 4.27. The lowest BCUT2D eigenvalue weighted by molar-refractivity contribution is 0.431. The molecule has 0 saturated carbocycles. The number of hydrogen-bond donors (Lipinski definition) is 1. The van der Waals surface area contributed by atoms with Crippen molar-refractivity contribution in [3.8, 4) is 11.3 Å². The monoisotopic (exact) mass is 284 g/mol. The van der Waals surface area contributed by atoms with E-state index in [0.29, 0.717) is 28.4 Å². The molecule has 0 radical (unpaired) electrons. The van der Waals surface area contributed by atoms with Gasteiger partial charge in [0.05, 0.1) is 16.2 Å². The summed E-state index contributed by atoms with van der Waals surface area (Å²) in [5.41, 5.74) is 1.73. The second kappa shape index (κ2) is 5.74. The molecule has 0 atom stereocenters. The van der Waals surface area contributed by atoms with E-state index >= 15 is 0 Å². The van der Waals surface area contributed by atoms with Crippen molar-refractivity contribution in [2.45, 2.75) is 26.4 Å². The fourth-order valence-corrected chi connectivity index (χ4v) is 1.99. The summed E-state index contributed by atoms with van der Waals surface area (Å²) >= 11 is 12.2. The molecule has 0 saturated heterocycles. The van der Waals surface area contributed by atoms with E-state index in [9.17, 15) is 0 Å². The first-order valence-corrected chi connectivity index (χ1v) is 6.46. The predicted octanol–water partition coefficient (Wildman–Crippen LogP) is 4.15. The second-order valence-corrected chi connectivity index (χ2v) is 5.10. The van der Waals surface area contributed by atoms with Gasteiger partial charge in [0.2, 0.25) is 0 Å². The third-order valence-corrected chi connectivity index (χ3v) is 3.36. The average Bonchev–Trinajstić information content (AvgIpc) is 2.78. The van der Waals surface area contributed by atoms with Crippen LogP contribution in [0, 0.1) is 0 Å². The Bertz CT molecular complexity index is 538. The van der Waals surface area contributed by atoms with Crippen LogP contribution in [0.2, 0.25) is 10.0 Å². The number of nitrogens with zero attached hydrogens (tertiary/aromatic N) is 1. The van der Waals surface area contributed by atoms with Crippen LogP contribution < -0.4 is 5.32 Å². The van der Waals surface area contributed by atoms with Crippen molar-refractivity contribution < 1.29 is 4.52 Å². The van der Waals surface area contributed by atoms with Crippen molar-refractivity contribution in [3.05, 3.63) is 40.0 Å². The largest absolute Gasteiger partial charge is 0.356 e. The lowest BCUT2D eigenvalue weighted by Crippen LogP contribution is -2.21. The first-order chi connectivity index (χ1) is 8.59. The summed E-state index contributed by atoms with van der Waals surface area (Å²) < 4.78 is 5.29. The Morgan fingerprint density at radius 1 is 1.33 bits per heavy atom. The smallest absolute Gasteiger partial charge is 0.172 e. The number of rotatable bonds is 4. The highest BCUT2D eigenvalue weighted by atomic mass is 35.5. The molecule has 2 rings (SSSR count). The van der Waals surface area contributed by atoms with Gasteiger partial charge in [0.15, 0.2) is 5.76 Å². The molecular weight excluding hydrogens is 271 g/mol. The van der Waals surface area contributed by atoms with Crippen LogP contribution in [-0.4, -0.2) is 11.2 Å². The number of aromatic nitrogens is 1. The molecule has 1 heterocycles. The van der Waals surface area contributed by atoms with Gasteiger partial charge in [-0.2, -0.15) is 0 Å². The Hall–Kier alpha value is -1.03. The van der Waals surface area contributed by atoms with E-state index in [0.717, 1.165) is 11.1 Å². The predicted molar refractivity (Wildman–Crippen MR) is 73.9 cm³/mol. The van der Waals surface area contributed by atoms with Gasteiger partial charge in [0.25, 0.3) is 0 Å². The molecule has 3 nitrogen and oxygen atoms in total. The zero-order valence-corrected chi connectivity index (χ0v) is 11.7. The SMILES string of the molecule is CC(C)NCc1cnoc1-c1cccc(Cl)c1Cl. The van der Waals surface area contributed by atoms with Crippen molar-refractivity contribution >= 4 is 23.2 Å². The maximum atomic E-state index is 6.18. The van der Waals surface area contributed by atoms with Gasteiger partial charge in [0, 0.05) is 23.7 Å². The molecular formula is C13H14Cl2N2O. The number of halogens is 2. The summed E-state index contributed by atoms with van der Waals surface area (Å²) in [6.45, 7) is 4.85. The van der Waals surface area contributed by atoms with Gasteiger partial charge in [-0.25, -0.2) is 0 Å². The van der Waals surface area contributed by atoms with Crippen molar-refractivity contribution in [2.75, 3.05) is 0 Å². The van der Waals surface area contributed by atoms with Crippen LogP contribution in [-0.2, 0) is 6.54 Å². The Balaban J connectivity index is 2.33. The van der Waals surface area contributed by atoms with E-state index in [1.165, 1.54) is 0 Å². The first-order valence-electron chi connectivity index (χ1n) is 5.71. The molecule has 0 spiro atoms. The molecule has 0 aliphatic carbocycles. The highest BCUT2D eigenvalue weighted by Crippen LogP contribution is 2.35. The van der Waals surface area contributed by atoms with Gasteiger partial charge in [-0.1, -0.05) is 48.3 Å². The number of nitrogens with one attached hydrogen (secondary N) is 1. The molecule has 5 heteroatoms. The van der Waals surface area contributed by atoms with Crippen molar-refractivity contribution in [1.29, 1.82) is 0 Å². The minimum Gasteiger partial charge on any atom is -0.356 e. The molecule has 1 N–H and O–H groups in total. The fourth-order valence-electron chi connectivity index (χ4n) is 1.60. The van der Waals surface area contributed by atoms with E-state index in [2.05, 4.69) is 24.3 Å². The average molecular weight is 285 g/mol. The van der Waals surface area contributed by atoms with Crippen LogP contribution in [0.25, 0.3) is 11.3 Å². The Morgan fingerprint density at radius 2 is 2.11 bits per heavy atom. The van der Waals surface area contributed by atoms with Gasteiger partial charge in [-0.15, -0.1) is 0 Å². The fraction of sp³-hybridized carbons (Fsp3) is 0.308. The second-order valence-electron chi connectivity index (χ2n) is 4.32. The van der Waals surface area contributed by atoms with Crippen molar-refractivity contribution in [2.24, 2.45) is 0 Å². The molecule has 0 aliphatic rings. The topological polar surface area (TPSA) is 38.1 Å². The minimum absolute atomic E-state index is 0.391. The van der Waals surface area contributed by atoms with E-state index < -0.39 is 0 Å². The third-order valence-electron chi connectivity index (χ3n) is 2.54. The molecule has 0 bridgehead atoms. The van der Waals surface area contributed by atoms with Gasteiger partial charge in [0.1, 0.15) is 0 Å². The summed E-state index contributed by atoms with van der Waals surface area (Å²) in [4.78, 5) is 0. The summed E-state index contributed by atoms with van der Waals surface area (Å²) in [5.74, 6) is 0.663. The maximum Gasteiger partial charge on any atom is 0.172 e. The lowest BCUT2D eigenvalue weighted by atomic mass is 10.1. The van der Waals surface area contributed by atoms with Gasteiger partial charge in [-0.3, -0.25) is 0 Å². The van der Waals surface area contributed by atoms with Gasteiger partial charge < -0.3 is 9.84 Å². The standard InChI is InChI=1S/C13H14Cl2N2O/c1-8(2)16-6-9-7-17-18-13(9)10-4-3-5-11(14)12(10)15/h3-5,7-8,16H,6H2,1-2H3. The Morgan fingerprint density at radius 3 is 2.83 bits per heavy atom. The van der Waals surface area contributed by atoms with Gasteiger partial charge >= 0.3 is 0 Å².